The molecule has 22 heavy (non-hydrogen) atoms. The molecule has 1 aliphatic rings. The molecule has 114 valence electrons. The van der Waals surface area contributed by atoms with E-state index in [1.54, 1.807) is 6.07 Å². The lowest BCUT2D eigenvalue weighted by Gasteiger charge is -2.22. The van der Waals surface area contributed by atoms with Crippen LogP contribution in [0.3, 0.4) is 0 Å². The Balaban J connectivity index is 1.76. The maximum absolute atomic E-state index is 12.4. The van der Waals surface area contributed by atoms with Crippen LogP contribution >= 0.6 is 0 Å². The molecule has 4 nitrogen and oxygen atoms in total. The lowest BCUT2D eigenvalue weighted by atomic mass is 9.94. The van der Waals surface area contributed by atoms with Crippen LogP contribution in [0.5, 0.6) is 0 Å². The van der Waals surface area contributed by atoms with Crippen LogP contribution in [0.2, 0.25) is 0 Å². The van der Waals surface area contributed by atoms with E-state index < -0.39 is 0 Å². The summed E-state index contributed by atoms with van der Waals surface area (Å²) in [5.41, 5.74) is 3.39. The van der Waals surface area contributed by atoms with Gasteiger partial charge in [0.15, 0.2) is 0 Å². The number of carbonyl (C=O) groups excluding carboxylic acids is 1. The average molecular weight is 295 g/mol. The van der Waals surface area contributed by atoms with Crippen molar-refractivity contribution in [3.05, 3.63) is 59.4 Å². The number of amides is 1. The third-order valence-electron chi connectivity index (χ3n) is 4.15. The number of nitrogens with zero attached hydrogens (tertiary/aromatic N) is 1. The summed E-state index contributed by atoms with van der Waals surface area (Å²) in [7, 11) is 0. The number of carbonyl (C=O) groups is 1. The van der Waals surface area contributed by atoms with Crippen molar-refractivity contribution in [3.8, 4) is 0 Å². The first kappa shape index (κ1) is 14.7. The molecule has 3 rings (SSSR count). The predicted molar refractivity (Wildman–Crippen MR) is 88.2 cm³/mol. The molecular formula is C18H21N3O. The van der Waals surface area contributed by atoms with E-state index in [2.05, 4.69) is 15.6 Å². The smallest absolute Gasteiger partial charge is 0.274 e. The van der Waals surface area contributed by atoms with Crippen molar-refractivity contribution in [1.29, 1.82) is 0 Å². The van der Waals surface area contributed by atoms with Crippen molar-refractivity contribution < 1.29 is 4.79 Å². The molecule has 0 saturated carbocycles. The molecule has 0 bridgehead atoms. The fraction of sp³-hybridized carbons (Fsp3) is 0.333. The molecule has 2 heterocycles. The van der Waals surface area contributed by atoms with Gasteiger partial charge >= 0.3 is 0 Å². The Hall–Kier alpha value is -2.20. The average Bonchev–Trinajstić information content (AvgIpc) is 2.58. The summed E-state index contributed by atoms with van der Waals surface area (Å²) in [6.45, 7) is 4.02. The Kier molecular flexibility index (Phi) is 4.49. The molecule has 0 unspecified atom stereocenters. The fourth-order valence-electron chi connectivity index (χ4n) is 2.82. The highest BCUT2D eigenvalue weighted by atomic mass is 16.1. The summed E-state index contributed by atoms with van der Waals surface area (Å²) in [6.07, 6.45) is 2.16. The molecule has 1 aliphatic heterocycles. The number of piperidine rings is 1. The molecule has 2 aromatic rings. The number of rotatable bonds is 3. The summed E-state index contributed by atoms with van der Waals surface area (Å²) in [6, 6.07) is 13.5. The van der Waals surface area contributed by atoms with Crippen molar-refractivity contribution in [2.45, 2.75) is 25.7 Å². The number of aromatic nitrogens is 1. The van der Waals surface area contributed by atoms with Gasteiger partial charge in [-0.25, -0.2) is 4.98 Å². The van der Waals surface area contributed by atoms with Crippen LogP contribution in [0.4, 0.5) is 5.69 Å². The third kappa shape index (κ3) is 3.34. The van der Waals surface area contributed by atoms with Gasteiger partial charge in [-0.3, -0.25) is 4.79 Å². The zero-order valence-corrected chi connectivity index (χ0v) is 12.8. The number of anilines is 1. The standard InChI is InChI=1S/C18H21N3O/c1-13-5-2-3-6-15(13)21-18(22)17-8-4-7-16(20-17)14-9-11-19-12-10-14/h2-8,14,19H,9-12H2,1H3,(H,21,22). The summed E-state index contributed by atoms with van der Waals surface area (Å²) in [5, 5.41) is 6.30. The minimum atomic E-state index is -0.148. The Bertz CT molecular complexity index is 663. The number of hydrogen-bond donors (Lipinski definition) is 2. The fourth-order valence-corrected chi connectivity index (χ4v) is 2.82. The second kappa shape index (κ2) is 6.71. The lowest BCUT2D eigenvalue weighted by molar-refractivity contribution is 0.102. The van der Waals surface area contributed by atoms with Gasteiger partial charge in [-0.1, -0.05) is 24.3 Å². The van der Waals surface area contributed by atoms with Crippen LogP contribution in [0, 0.1) is 6.92 Å². The molecule has 4 heteroatoms. The van der Waals surface area contributed by atoms with Gasteiger partial charge in [0, 0.05) is 17.3 Å². The van der Waals surface area contributed by atoms with E-state index in [9.17, 15) is 4.79 Å². The van der Waals surface area contributed by atoms with Crippen molar-refractivity contribution >= 4 is 11.6 Å². The molecular weight excluding hydrogens is 274 g/mol. The Labute approximate surface area is 131 Å². The first-order chi connectivity index (χ1) is 10.7. The van der Waals surface area contributed by atoms with Gasteiger partial charge in [-0.05, 0) is 56.6 Å². The highest BCUT2D eigenvalue weighted by Crippen LogP contribution is 2.23. The molecule has 1 aromatic heterocycles. The van der Waals surface area contributed by atoms with Gasteiger partial charge in [-0.15, -0.1) is 0 Å². The van der Waals surface area contributed by atoms with Crippen LogP contribution in [0.15, 0.2) is 42.5 Å². The molecule has 0 atom stereocenters. The summed E-state index contributed by atoms with van der Waals surface area (Å²) >= 11 is 0. The highest BCUT2D eigenvalue weighted by Gasteiger charge is 2.18. The zero-order chi connectivity index (χ0) is 15.4. The maximum atomic E-state index is 12.4. The van der Waals surface area contributed by atoms with E-state index in [0.29, 0.717) is 11.6 Å². The van der Waals surface area contributed by atoms with Crippen LogP contribution in [0.1, 0.15) is 40.5 Å². The zero-order valence-electron chi connectivity index (χ0n) is 12.8. The summed E-state index contributed by atoms with van der Waals surface area (Å²) in [4.78, 5) is 17.0. The van der Waals surface area contributed by atoms with Gasteiger partial charge < -0.3 is 10.6 Å². The van der Waals surface area contributed by atoms with Gasteiger partial charge in [0.05, 0.1) is 0 Å². The number of benzene rings is 1. The summed E-state index contributed by atoms with van der Waals surface area (Å²) < 4.78 is 0. The van der Waals surface area contributed by atoms with E-state index in [1.807, 2.05) is 43.3 Å². The van der Waals surface area contributed by atoms with Crippen molar-refractivity contribution in [2.75, 3.05) is 18.4 Å². The molecule has 0 radical (unpaired) electrons. The first-order valence-electron chi connectivity index (χ1n) is 7.78. The first-order valence-corrected chi connectivity index (χ1v) is 7.78. The van der Waals surface area contributed by atoms with Gasteiger partial charge in [0.1, 0.15) is 5.69 Å². The highest BCUT2D eigenvalue weighted by molar-refractivity contribution is 6.03. The SMILES string of the molecule is Cc1ccccc1NC(=O)c1cccc(C2CCNCC2)n1. The van der Waals surface area contributed by atoms with Crippen LogP contribution in [-0.2, 0) is 0 Å². The lowest BCUT2D eigenvalue weighted by Crippen LogP contribution is -2.27. The van der Waals surface area contributed by atoms with E-state index in [1.165, 1.54) is 0 Å². The quantitative estimate of drug-likeness (QED) is 0.915. The molecule has 1 amide bonds. The predicted octanol–water partition coefficient (Wildman–Crippen LogP) is 3.11. The molecule has 1 fully saturated rings. The van der Waals surface area contributed by atoms with Crippen LogP contribution < -0.4 is 10.6 Å². The Morgan fingerprint density at radius 1 is 1.14 bits per heavy atom. The second-order valence-corrected chi connectivity index (χ2v) is 5.74. The topological polar surface area (TPSA) is 54.0 Å². The van der Waals surface area contributed by atoms with Crippen LogP contribution in [-0.4, -0.2) is 24.0 Å². The number of para-hydroxylation sites is 1. The number of pyridine rings is 1. The maximum Gasteiger partial charge on any atom is 0.274 e. The van der Waals surface area contributed by atoms with E-state index >= 15 is 0 Å². The third-order valence-corrected chi connectivity index (χ3v) is 4.15. The van der Waals surface area contributed by atoms with Crippen molar-refractivity contribution in [2.24, 2.45) is 0 Å². The number of aryl methyl sites for hydroxylation is 1. The Morgan fingerprint density at radius 2 is 1.91 bits per heavy atom. The molecule has 0 spiro atoms. The van der Waals surface area contributed by atoms with Gasteiger partial charge in [0.25, 0.3) is 5.91 Å². The number of nitrogens with one attached hydrogen (secondary N) is 2. The monoisotopic (exact) mass is 295 g/mol. The van der Waals surface area contributed by atoms with Gasteiger partial charge in [0.2, 0.25) is 0 Å². The number of hydrogen-bond acceptors (Lipinski definition) is 3. The Morgan fingerprint density at radius 3 is 2.68 bits per heavy atom. The van der Waals surface area contributed by atoms with Crippen molar-refractivity contribution in [3.63, 3.8) is 0 Å². The molecule has 0 aliphatic carbocycles. The minimum Gasteiger partial charge on any atom is -0.320 e. The largest absolute Gasteiger partial charge is 0.320 e. The molecule has 1 saturated heterocycles. The summed E-state index contributed by atoms with van der Waals surface area (Å²) in [5.74, 6) is 0.303. The van der Waals surface area contributed by atoms with E-state index in [0.717, 1.165) is 42.9 Å². The minimum absolute atomic E-state index is 0.148. The van der Waals surface area contributed by atoms with Crippen LogP contribution in [0.25, 0.3) is 0 Å². The normalized spacial score (nSPS) is 15.5. The van der Waals surface area contributed by atoms with E-state index in [4.69, 9.17) is 0 Å². The van der Waals surface area contributed by atoms with Crippen molar-refractivity contribution in [1.82, 2.24) is 10.3 Å². The second-order valence-electron chi connectivity index (χ2n) is 5.74. The van der Waals surface area contributed by atoms with E-state index in [-0.39, 0.29) is 5.91 Å². The van der Waals surface area contributed by atoms with Gasteiger partial charge in [-0.2, -0.15) is 0 Å². The molecule has 2 N–H and O–H groups in total. The molecule has 1 aromatic carbocycles.